The average molecular weight is 254 g/mol. The normalized spacial score (nSPS) is 11.2. The maximum atomic E-state index is 4.04. The van der Waals surface area contributed by atoms with Gasteiger partial charge >= 0.3 is 0 Å². The molecule has 0 unspecified atom stereocenters. The molecule has 0 aliphatic heterocycles. The van der Waals surface area contributed by atoms with E-state index in [9.17, 15) is 0 Å². The van der Waals surface area contributed by atoms with Crippen LogP contribution >= 0.6 is 0 Å². The molecule has 3 aromatic rings. The average Bonchev–Trinajstić information content (AvgIpc) is 3.09. The lowest BCUT2D eigenvalue weighted by atomic mass is 10.1. The molecule has 0 amide bonds. The number of nitrogens with zero attached hydrogens (tertiary/aromatic N) is 2. The first-order chi connectivity index (χ1) is 9.43. The molecule has 4 heteroatoms. The van der Waals surface area contributed by atoms with Crippen LogP contribution in [0.15, 0.2) is 49.2 Å². The van der Waals surface area contributed by atoms with Crippen molar-refractivity contribution in [2.75, 3.05) is 6.54 Å². The molecule has 0 bridgehead atoms. The van der Waals surface area contributed by atoms with Crippen LogP contribution in [0, 0.1) is 0 Å². The Morgan fingerprint density at radius 3 is 3.16 bits per heavy atom. The van der Waals surface area contributed by atoms with Crippen LogP contribution in [0.25, 0.3) is 10.9 Å². The standard InChI is InChI=1S/C15H18N4/c1-3-13(14-5-7-18-15(14)4-1)11-16-6-2-9-19-10-8-17-12-19/h1,3-5,7-8,10,12,16,18H,2,6,9,11H2. The molecule has 19 heavy (non-hydrogen) atoms. The van der Waals surface area contributed by atoms with E-state index < -0.39 is 0 Å². The Morgan fingerprint density at radius 2 is 2.26 bits per heavy atom. The number of aromatic amines is 1. The topological polar surface area (TPSA) is 45.6 Å². The number of imidazole rings is 1. The molecular formula is C15H18N4. The molecule has 2 heterocycles. The van der Waals surface area contributed by atoms with E-state index in [0.29, 0.717) is 0 Å². The first-order valence-corrected chi connectivity index (χ1v) is 6.65. The van der Waals surface area contributed by atoms with Crippen molar-refractivity contribution in [2.45, 2.75) is 19.5 Å². The Bertz CT molecular complexity index is 624. The van der Waals surface area contributed by atoms with E-state index in [2.05, 4.69) is 44.1 Å². The van der Waals surface area contributed by atoms with E-state index in [1.54, 1.807) is 0 Å². The summed E-state index contributed by atoms with van der Waals surface area (Å²) in [4.78, 5) is 7.28. The molecule has 0 aliphatic carbocycles. The van der Waals surface area contributed by atoms with Gasteiger partial charge in [0.15, 0.2) is 0 Å². The van der Waals surface area contributed by atoms with Gasteiger partial charge < -0.3 is 14.9 Å². The van der Waals surface area contributed by atoms with Gasteiger partial charge in [-0.05, 0) is 30.7 Å². The number of H-pyrrole nitrogens is 1. The third-order valence-electron chi connectivity index (χ3n) is 3.33. The van der Waals surface area contributed by atoms with Crippen LogP contribution in [-0.2, 0) is 13.1 Å². The lowest BCUT2D eigenvalue weighted by Gasteiger charge is -2.06. The van der Waals surface area contributed by atoms with Crippen molar-refractivity contribution >= 4 is 10.9 Å². The summed E-state index contributed by atoms with van der Waals surface area (Å²) in [6.45, 7) is 2.94. The van der Waals surface area contributed by atoms with Crippen LogP contribution in [0.1, 0.15) is 12.0 Å². The van der Waals surface area contributed by atoms with E-state index >= 15 is 0 Å². The fourth-order valence-electron chi connectivity index (χ4n) is 2.33. The summed E-state index contributed by atoms with van der Waals surface area (Å²) in [5.74, 6) is 0. The van der Waals surface area contributed by atoms with E-state index in [0.717, 1.165) is 26.1 Å². The Hall–Kier alpha value is -2.07. The van der Waals surface area contributed by atoms with Crippen LogP contribution in [0.3, 0.4) is 0 Å². The minimum Gasteiger partial charge on any atom is -0.361 e. The van der Waals surface area contributed by atoms with E-state index in [-0.39, 0.29) is 0 Å². The molecule has 0 saturated carbocycles. The second-order valence-electron chi connectivity index (χ2n) is 4.69. The van der Waals surface area contributed by atoms with Crippen LogP contribution in [0.4, 0.5) is 0 Å². The number of aromatic nitrogens is 3. The van der Waals surface area contributed by atoms with Gasteiger partial charge in [-0.2, -0.15) is 0 Å². The minimum atomic E-state index is 0.916. The Kier molecular flexibility index (Phi) is 3.61. The summed E-state index contributed by atoms with van der Waals surface area (Å²) in [6.07, 6.45) is 8.79. The first-order valence-electron chi connectivity index (χ1n) is 6.65. The number of fused-ring (bicyclic) bond motifs is 1. The van der Waals surface area contributed by atoms with Gasteiger partial charge in [-0.25, -0.2) is 4.98 Å². The fourth-order valence-corrected chi connectivity index (χ4v) is 2.33. The Labute approximate surface area is 112 Å². The maximum absolute atomic E-state index is 4.04. The molecule has 0 saturated heterocycles. The van der Waals surface area contributed by atoms with Crippen molar-refractivity contribution in [3.8, 4) is 0 Å². The summed E-state index contributed by atoms with van der Waals surface area (Å²) in [5.41, 5.74) is 2.55. The van der Waals surface area contributed by atoms with E-state index in [1.165, 1.54) is 16.5 Å². The van der Waals surface area contributed by atoms with Crippen LogP contribution in [-0.4, -0.2) is 21.1 Å². The highest BCUT2D eigenvalue weighted by atomic mass is 15.0. The Balaban J connectivity index is 1.48. The SMILES string of the molecule is c1cc(CNCCCn2ccnc2)c2cc[nH]c2c1. The molecule has 0 radical (unpaired) electrons. The molecular weight excluding hydrogens is 236 g/mol. The van der Waals surface area contributed by atoms with Crippen molar-refractivity contribution in [1.29, 1.82) is 0 Å². The second-order valence-corrected chi connectivity index (χ2v) is 4.69. The highest BCUT2D eigenvalue weighted by molar-refractivity contribution is 5.82. The monoisotopic (exact) mass is 254 g/mol. The highest BCUT2D eigenvalue weighted by Crippen LogP contribution is 2.16. The molecule has 2 N–H and O–H groups in total. The van der Waals surface area contributed by atoms with E-state index in [1.807, 2.05) is 24.9 Å². The van der Waals surface area contributed by atoms with Crippen molar-refractivity contribution in [3.63, 3.8) is 0 Å². The third-order valence-corrected chi connectivity index (χ3v) is 3.33. The fraction of sp³-hybridized carbons (Fsp3) is 0.267. The van der Waals surface area contributed by atoms with Crippen molar-refractivity contribution in [3.05, 3.63) is 54.7 Å². The smallest absolute Gasteiger partial charge is 0.0945 e. The molecule has 0 fully saturated rings. The quantitative estimate of drug-likeness (QED) is 0.664. The first kappa shape index (κ1) is 12.0. The number of hydrogen-bond donors (Lipinski definition) is 2. The van der Waals surface area contributed by atoms with Gasteiger partial charge in [-0.1, -0.05) is 12.1 Å². The van der Waals surface area contributed by atoms with Crippen LogP contribution in [0.5, 0.6) is 0 Å². The minimum absolute atomic E-state index is 0.916. The largest absolute Gasteiger partial charge is 0.361 e. The number of rotatable bonds is 6. The molecule has 0 aliphatic rings. The van der Waals surface area contributed by atoms with Crippen LogP contribution in [0.2, 0.25) is 0 Å². The van der Waals surface area contributed by atoms with Gasteiger partial charge in [0.2, 0.25) is 0 Å². The molecule has 3 rings (SSSR count). The van der Waals surface area contributed by atoms with Crippen LogP contribution < -0.4 is 5.32 Å². The number of nitrogens with one attached hydrogen (secondary N) is 2. The van der Waals surface area contributed by atoms with Crippen molar-refractivity contribution in [1.82, 2.24) is 19.9 Å². The zero-order valence-corrected chi connectivity index (χ0v) is 10.8. The summed E-state index contributed by atoms with van der Waals surface area (Å²) in [6, 6.07) is 8.52. The number of aryl methyl sites for hydroxylation is 1. The molecule has 0 atom stereocenters. The summed E-state index contributed by atoms with van der Waals surface area (Å²) in [7, 11) is 0. The lowest BCUT2D eigenvalue weighted by molar-refractivity contribution is 0.581. The highest BCUT2D eigenvalue weighted by Gasteiger charge is 2.00. The summed E-state index contributed by atoms with van der Waals surface area (Å²) >= 11 is 0. The predicted octanol–water partition coefficient (Wildman–Crippen LogP) is 2.54. The summed E-state index contributed by atoms with van der Waals surface area (Å²) < 4.78 is 2.11. The molecule has 4 nitrogen and oxygen atoms in total. The second kappa shape index (κ2) is 5.71. The van der Waals surface area contributed by atoms with Gasteiger partial charge in [0.05, 0.1) is 6.33 Å². The molecule has 98 valence electrons. The molecule has 1 aromatic carbocycles. The van der Waals surface area contributed by atoms with Gasteiger partial charge in [0.1, 0.15) is 0 Å². The zero-order valence-electron chi connectivity index (χ0n) is 10.8. The summed E-state index contributed by atoms with van der Waals surface area (Å²) in [5, 5.41) is 4.81. The van der Waals surface area contributed by atoms with Gasteiger partial charge in [0, 0.05) is 42.6 Å². The number of benzene rings is 1. The number of hydrogen-bond acceptors (Lipinski definition) is 2. The van der Waals surface area contributed by atoms with Gasteiger partial charge in [0.25, 0.3) is 0 Å². The lowest BCUT2D eigenvalue weighted by Crippen LogP contribution is -2.16. The predicted molar refractivity (Wildman–Crippen MR) is 76.8 cm³/mol. The van der Waals surface area contributed by atoms with Crippen molar-refractivity contribution in [2.24, 2.45) is 0 Å². The Morgan fingerprint density at radius 1 is 1.26 bits per heavy atom. The van der Waals surface area contributed by atoms with E-state index in [4.69, 9.17) is 0 Å². The molecule has 0 spiro atoms. The zero-order chi connectivity index (χ0) is 12.9. The van der Waals surface area contributed by atoms with Crippen molar-refractivity contribution < 1.29 is 0 Å². The van der Waals surface area contributed by atoms with Gasteiger partial charge in [-0.3, -0.25) is 0 Å². The molecule has 2 aromatic heterocycles. The maximum Gasteiger partial charge on any atom is 0.0945 e. The van der Waals surface area contributed by atoms with Gasteiger partial charge in [-0.15, -0.1) is 0 Å². The third kappa shape index (κ3) is 2.85.